The van der Waals surface area contributed by atoms with Gasteiger partial charge in [0, 0.05) is 19.3 Å². The third kappa shape index (κ3) is 4.54. The van der Waals surface area contributed by atoms with E-state index in [1.807, 2.05) is 55.1 Å². The van der Waals surface area contributed by atoms with Crippen LogP contribution in [0.2, 0.25) is 0 Å². The molecule has 1 saturated heterocycles. The van der Waals surface area contributed by atoms with E-state index in [1.165, 1.54) is 0 Å². The van der Waals surface area contributed by atoms with E-state index in [-0.39, 0.29) is 12.0 Å². The number of carbonyl (C=O) groups excluding carboxylic acids is 1. The van der Waals surface area contributed by atoms with Crippen LogP contribution in [0.5, 0.6) is 5.75 Å². The number of nitrogens with zero attached hydrogens (tertiary/aromatic N) is 2. The molecule has 0 spiro atoms. The van der Waals surface area contributed by atoms with Crippen LogP contribution in [-0.2, 0) is 0 Å². The van der Waals surface area contributed by atoms with Crippen LogP contribution >= 0.6 is 0 Å². The quantitative estimate of drug-likeness (QED) is 0.861. The molecule has 1 aliphatic heterocycles. The molecular formula is C21H27N3O2. The Morgan fingerprint density at radius 1 is 1.19 bits per heavy atom. The maximum Gasteiger partial charge on any atom is 0.255 e. The van der Waals surface area contributed by atoms with Crippen LogP contribution in [0.3, 0.4) is 0 Å². The lowest BCUT2D eigenvalue weighted by molar-refractivity contribution is 0.0697. The molecule has 3 rings (SSSR count). The number of pyridine rings is 1. The zero-order valence-corrected chi connectivity index (χ0v) is 15.7. The summed E-state index contributed by atoms with van der Waals surface area (Å²) in [6.07, 6.45) is 3.89. The van der Waals surface area contributed by atoms with Gasteiger partial charge in [-0.25, -0.2) is 4.98 Å². The fourth-order valence-corrected chi connectivity index (χ4v) is 3.05. The first-order valence-electron chi connectivity index (χ1n) is 9.31. The molecule has 2 heterocycles. The summed E-state index contributed by atoms with van der Waals surface area (Å²) in [6.45, 7) is 7.90. The number of para-hydroxylation sites is 2. The maximum atomic E-state index is 12.6. The van der Waals surface area contributed by atoms with Crippen LogP contribution in [0.25, 0.3) is 0 Å². The van der Waals surface area contributed by atoms with E-state index in [0.717, 1.165) is 37.4 Å². The number of carbonyl (C=O) groups is 1. The molecule has 5 heteroatoms. The summed E-state index contributed by atoms with van der Waals surface area (Å²) in [7, 11) is 0. The van der Waals surface area contributed by atoms with Gasteiger partial charge in [0.25, 0.3) is 5.91 Å². The Morgan fingerprint density at radius 2 is 1.92 bits per heavy atom. The second-order valence-electron chi connectivity index (χ2n) is 7.19. The van der Waals surface area contributed by atoms with Crippen molar-refractivity contribution in [1.82, 2.24) is 9.88 Å². The molecule has 1 N–H and O–H groups in total. The number of piperidine rings is 1. The number of aromatic nitrogens is 1. The van der Waals surface area contributed by atoms with Gasteiger partial charge in [0.1, 0.15) is 11.6 Å². The number of anilines is 2. The number of ether oxygens (including phenoxy) is 1. The number of benzene rings is 1. The molecule has 0 radical (unpaired) electrons. The zero-order chi connectivity index (χ0) is 18.5. The molecule has 1 fully saturated rings. The van der Waals surface area contributed by atoms with Gasteiger partial charge in [-0.2, -0.15) is 0 Å². The smallest absolute Gasteiger partial charge is 0.255 e. The lowest BCUT2D eigenvalue weighted by Gasteiger charge is -2.30. The van der Waals surface area contributed by atoms with Crippen LogP contribution < -0.4 is 10.1 Å². The van der Waals surface area contributed by atoms with Crippen LogP contribution in [0.15, 0.2) is 42.6 Å². The molecular weight excluding hydrogens is 326 g/mol. The summed E-state index contributed by atoms with van der Waals surface area (Å²) in [5.41, 5.74) is 1.50. The van der Waals surface area contributed by atoms with Gasteiger partial charge >= 0.3 is 0 Å². The largest absolute Gasteiger partial charge is 0.489 e. The molecule has 0 unspecified atom stereocenters. The van der Waals surface area contributed by atoms with Crippen LogP contribution in [-0.4, -0.2) is 35.0 Å². The molecule has 1 amide bonds. The Labute approximate surface area is 155 Å². The Hall–Kier alpha value is -2.56. The van der Waals surface area contributed by atoms with E-state index in [4.69, 9.17) is 4.74 Å². The van der Waals surface area contributed by atoms with Gasteiger partial charge in [-0.05, 0) is 56.9 Å². The summed E-state index contributed by atoms with van der Waals surface area (Å²) in [6, 6.07) is 11.4. The lowest BCUT2D eigenvalue weighted by atomic mass is 9.99. The van der Waals surface area contributed by atoms with Gasteiger partial charge in [0.15, 0.2) is 0 Å². The van der Waals surface area contributed by atoms with E-state index in [0.29, 0.717) is 17.3 Å². The molecule has 1 aliphatic rings. The minimum Gasteiger partial charge on any atom is -0.489 e. The maximum absolute atomic E-state index is 12.6. The topological polar surface area (TPSA) is 54.5 Å². The van der Waals surface area contributed by atoms with Gasteiger partial charge in [-0.15, -0.1) is 0 Å². The van der Waals surface area contributed by atoms with Crippen LogP contribution in [0, 0.1) is 5.92 Å². The second-order valence-corrected chi connectivity index (χ2v) is 7.19. The average Bonchev–Trinajstić information content (AvgIpc) is 2.64. The van der Waals surface area contributed by atoms with Crippen molar-refractivity contribution >= 4 is 17.4 Å². The standard InChI is InChI=1S/C21H27N3O2/c1-15(2)26-19-7-5-4-6-18(19)23-20-9-8-17(14-22-20)21(25)24-12-10-16(3)11-13-24/h4-9,14-16H,10-13H2,1-3H3,(H,22,23). The normalized spacial score (nSPS) is 15.2. The van der Waals surface area contributed by atoms with Crippen molar-refractivity contribution in [2.24, 2.45) is 5.92 Å². The highest BCUT2D eigenvalue weighted by atomic mass is 16.5. The summed E-state index contributed by atoms with van der Waals surface area (Å²) in [5.74, 6) is 2.25. The number of nitrogens with one attached hydrogen (secondary N) is 1. The van der Waals surface area contributed by atoms with Crippen molar-refractivity contribution in [3.05, 3.63) is 48.2 Å². The van der Waals surface area contributed by atoms with Gasteiger partial charge < -0.3 is 15.0 Å². The molecule has 138 valence electrons. The summed E-state index contributed by atoms with van der Waals surface area (Å²) in [4.78, 5) is 18.9. The van der Waals surface area contributed by atoms with Crippen molar-refractivity contribution in [1.29, 1.82) is 0 Å². The number of rotatable bonds is 5. The van der Waals surface area contributed by atoms with Gasteiger partial charge in [0.05, 0.1) is 17.4 Å². The molecule has 0 bridgehead atoms. The molecule has 26 heavy (non-hydrogen) atoms. The highest BCUT2D eigenvalue weighted by Crippen LogP contribution is 2.27. The predicted octanol–water partition coefficient (Wildman–Crippen LogP) is 4.48. The van der Waals surface area contributed by atoms with E-state index >= 15 is 0 Å². The van der Waals surface area contributed by atoms with Crippen molar-refractivity contribution < 1.29 is 9.53 Å². The van der Waals surface area contributed by atoms with E-state index in [1.54, 1.807) is 6.20 Å². The minimum absolute atomic E-state index is 0.0690. The zero-order valence-electron chi connectivity index (χ0n) is 15.7. The Balaban J connectivity index is 1.68. The van der Waals surface area contributed by atoms with E-state index < -0.39 is 0 Å². The van der Waals surface area contributed by atoms with E-state index in [9.17, 15) is 4.79 Å². The Kier molecular flexibility index (Phi) is 5.76. The molecule has 0 saturated carbocycles. The first-order chi connectivity index (χ1) is 12.5. The fraction of sp³-hybridized carbons (Fsp3) is 0.429. The summed E-state index contributed by atoms with van der Waals surface area (Å²) < 4.78 is 5.82. The molecule has 5 nitrogen and oxygen atoms in total. The average molecular weight is 353 g/mol. The first-order valence-corrected chi connectivity index (χ1v) is 9.31. The SMILES string of the molecule is CC1CCN(C(=O)c2ccc(Nc3ccccc3OC(C)C)nc2)CC1. The lowest BCUT2D eigenvalue weighted by Crippen LogP contribution is -2.37. The van der Waals surface area contributed by atoms with Gasteiger partial charge in [0.2, 0.25) is 0 Å². The molecule has 1 aromatic carbocycles. The van der Waals surface area contributed by atoms with Gasteiger partial charge in [-0.3, -0.25) is 4.79 Å². The Morgan fingerprint density at radius 3 is 2.58 bits per heavy atom. The number of hydrogen-bond acceptors (Lipinski definition) is 4. The van der Waals surface area contributed by atoms with Crippen molar-refractivity contribution in [3.8, 4) is 5.75 Å². The first kappa shape index (κ1) is 18.2. The van der Waals surface area contributed by atoms with Gasteiger partial charge in [-0.1, -0.05) is 19.1 Å². The monoisotopic (exact) mass is 353 g/mol. The molecule has 1 aromatic heterocycles. The minimum atomic E-state index is 0.0690. The number of hydrogen-bond donors (Lipinski definition) is 1. The second kappa shape index (κ2) is 8.21. The van der Waals surface area contributed by atoms with E-state index in [2.05, 4.69) is 17.2 Å². The predicted molar refractivity (Wildman–Crippen MR) is 104 cm³/mol. The third-order valence-corrected chi connectivity index (χ3v) is 4.59. The third-order valence-electron chi connectivity index (χ3n) is 4.59. The molecule has 2 aromatic rings. The highest BCUT2D eigenvalue weighted by Gasteiger charge is 2.21. The highest BCUT2D eigenvalue weighted by molar-refractivity contribution is 5.94. The van der Waals surface area contributed by atoms with Crippen molar-refractivity contribution in [2.45, 2.75) is 39.7 Å². The summed E-state index contributed by atoms with van der Waals surface area (Å²) >= 11 is 0. The van der Waals surface area contributed by atoms with Crippen molar-refractivity contribution in [3.63, 3.8) is 0 Å². The number of amides is 1. The summed E-state index contributed by atoms with van der Waals surface area (Å²) in [5, 5.41) is 3.27. The molecule has 0 atom stereocenters. The fourth-order valence-electron chi connectivity index (χ4n) is 3.05. The molecule has 0 aliphatic carbocycles. The van der Waals surface area contributed by atoms with Crippen LogP contribution in [0.4, 0.5) is 11.5 Å². The van der Waals surface area contributed by atoms with Crippen LogP contribution in [0.1, 0.15) is 44.0 Å². The Bertz CT molecular complexity index is 735. The number of likely N-dealkylation sites (tertiary alicyclic amines) is 1. The van der Waals surface area contributed by atoms with Crippen molar-refractivity contribution in [2.75, 3.05) is 18.4 Å².